The maximum absolute atomic E-state index is 5.28. The highest BCUT2D eigenvalue weighted by molar-refractivity contribution is 5.55. The first kappa shape index (κ1) is 29.9. The molecule has 4 heteroatoms. The van der Waals surface area contributed by atoms with Gasteiger partial charge in [0.2, 0.25) is 0 Å². The summed E-state index contributed by atoms with van der Waals surface area (Å²) in [5, 5.41) is 6.47. The molecule has 1 rings (SSSR count). The summed E-state index contributed by atoms with van der Waals surface area (Å²) in [6.45, 7) is 17.1. The lowest BCUT2D eigenvalue weighted by molar-refractivity contribution is 0.355. The standard InChI is InChI=1S/C17H23NO2.C12H21N/c1-6-14(8-7-13(2)3)12-18-15-9-10-16(19-4)17(11-15)20-5;1-6-8-12(10(3)7-2)9-11(4)13-5/h6-11,18H,1,12H2,2-5H3;7-9,13H,6H2,1-5H3/b14-8+;10-7+,11-9+,12-8+. The zero-order chi connectivity index (χ0) is 25.2. The van der Waals surface area contributed by atoms with Crippen LogP contribution in [0.1, 0.15) is 48.0 Å². The van der Waals surface area contributed by atoms with Crippen molar-refractivity contribution in [1.82, 2.24) is 5.32 Å². The predicted molar refractivity (Wildman–Crippen MR) is 146 cm³/mol. The normalized spacial score (nSPS) is 12.3. The molecule has 0 radical (unpaired) electrons. The van der Waals surface area contributed by atoms with Gasteiger partial charge in [0.1, 0.15) is 0 Å². The van der Waals surface area contributed by atoms with Gasteiger partial charge in [-0.15, -0.1) is 0 Å². The van der Waals surface area contributed by atoms with Crippen molar-refractivity contribution < 1.29 is 9.47 Å². The van der Waals surface area contributed by atoms with Crippen molar-refractivity contribution in [2.45, 2.75) is 48.0 Å². The van der Waals surface area contributed by atoms with E-state index < -0.39 is 0 Å². The lowest BCUT2D eigenvalue weighted by Crippen LogP contribution is -2.03. The van der Waals surface area contributed by atoms with Gasteiger partial charge in [-0.05, 0) is 76.0 Å². The van der Waals surface area contributed by atoms with Gasteiger partial charge in [-0.2, -0.15) is 0 Å². The molecule has 4 nitrogen and oxygen atoms in total. The van der Waals surface area contributed by atoms with Crippen LogP contribution in [-0.2, 0) is 0 Å². The molecule has 0 saturated carbocycles. The molecule has 0 amide bonds. The molecule has 0 saturated heterocycles. The first-order valence-corrected chi connectivity index (χ1v) is 11.4. The zero-order valence-corrected chi connectivity index (χ0v) is 22.1. The summed E-state index contributed by atoms with van der Waals surface area (Å²) >= 11 is 0. The van der Waals surface area contributed by atoms with E-state index in [0.29, 0.717) is 12.3 Å². The van der Waals surface area contributed by atoms with Crippen molar-refractivity contribution in [3.8, 4) is 11.5 Å². The molecular weight excluding hydrogens is 408 g/mol. The molecule has 0 bridgehead atoms. The van der Waals surface area contributed by atoms with Crippen molar-refractivity contribution in [3.05, 3.63) is 89.2 Å². The second-order valence-corrected chi connectivity index (χ2v) is 7.73. The van der Waals surface area contributed by atoms with Crippen LogP contribution in [-0.4, -0.2) is 27.8 Å². The van der Waals surface area contributed by atoms with Gasteiger partial charge in [0.05, 0.1) is 14.2 Å². The van der Waals surface area contributed by atoms with Crippen LogP contribution in [0.2, 0.25) is 0 Å². The summed E-state index contributed by atoms with van der Waals surface area (Å²) in [5.41, 5.74) is 7.21. The van der Waals surface area contributed by atoms with Crippen LogP contribution < -0.4 is 20.1 Å². The topological polar surface area (TPSA) is 42.5 Å². The van der Waals surface area contributed by atoms with Crippen molar-refractivity contribution in [1.29, 1.82) is 0 Å². The number of nitrogens with one attached hydrogen (secondary N) is 2. The van der Waals surface area contributed by atoms with E-state index in [-0.39, 0.29) is 0 Å². The number of hydrogen-bond acceptors (Lipinski definition) is 4. The fraction of sp³-hybridized carbons (Fsp3) is 0.379. The number of ether oxygens (including phenoxy) is 2. The average Bonchev–Trinajstić information content (AvgIpc) is 2.83. The second kappa shape index (κ2) is 17.4. The molecule has 0 heterocycles. The Labute approximate surface area is 202 Å². The Hall–Kier alpha value is -3.14. The number of rotatable bonds is 11. The molecule has 182 valence electrons. The van der Waals surface area contributed by atoms with E-state index in [1.54, 1.807) is 14.2 Å². The van der Waals surface area contributed by atoms with Crippen molar-refractivity contribution in [2.24, 2.45) is 0 Å². The molecule has 0 atom stereocenters. The Balaban J connectivity index is 0.000000684. The van der Waals surface area contributed by atoms with Gasteiger partial charge in [0, 0.05) is 31.0 Å². The Morgan fingerprint density at radius 2 is 1.70 bits per heavy atom. The van der Waals surface area contributed by atoms with E-state index in [0.717, 1.165) is 23.4 Å². The molecule has 1 aromatic carbocycles. The van der Waals surface area contributed by atoms with E-state index in [1.807, 2.05) is 31.3 Å². The number of methoxy groups -OCH3 is 2. The quantitative estimate of drug-likeness (QED) is 0.339. The van der Waals surface area contributed by atoms with Gasteiger partial charge in [-0.25, -0.2) is 0 Å². The zero-order valence-electron chi connectivity index (χ0n) is 22.1. The third-order valence-corrected chi connectivity index (χ3v) is 4.85. The minimum Gasteiger partial charge on any atom is -0.493 e. The van der Waals surface area contributed by atoms with Gasteiger partial charge >= 0.3 is 0 Å². The molecular formula is C29H44N2O2. The molecule has 2 N–H and O–H groups in total. The summed E-state index contributed by atoms with van der Waals surface area (Å²) < 4.78 is 10.5. The highest BCUT2D eigenvalue weighted by atomic mass is 16.5. The third kappa shape index (κ3) is 12.5. The minimum absolute atomic E-state index is 0.711. The fourth-order valence-electron chi connectivity index (χ4n) is 2.65. The van der Waals surface area contributed by atoms with Crippen LogP contribution in [0.5, 0.6) is 11.5 Å². The second-order valence-electron chi connectivity index (χ2n) is 7.73. The lowest BCUT2D eigenvalue weighted by Gasteiger charge is -2.11. The minimum atomic E-state index is 0.711. The average molecular weight is 453 g/mol. The molecule has 0 aliphatic rings. The van der Waals surface area contributed by atoms with Gasteiger partial charge in [-0.3, -0.25) is 0 Å². The van der Waals surface area contributed by atoms with Gasteiger partial charge < -0.3 is 20.1 Å². The third-order valence-electron chi connectivity index (χ3n) is 4.85. The first-order valence-electron chi connectivity index (χ1n) is 11.4. The van der Waals surface area contributed by atoms with Crippen LogP contribution in [0.3, 0.4) is 0 Å². The van der Waals surface area contributed by atoms with E-state index >= 15 is 0 Å². The highest BCUT2D eigenvalue weighted by Gasteiger charge is 2.04. The summed E-state index contributed by atoms with van der Waals surface area (Å²) in [6.07, 6.45) is 13.6. The monoisotopic (exact) mass is 452 g/mol. The number of anilines is 1. The van der Waals surface area contributed by atoms with Crippen LogP contribution in [0.25, 0.3) is 0 Å². The molecule has 0 spiro atoms. The Morgan fingerprint density at radius 1 is 1.03 bits per heavy atom. The molecule has 0 unspecified atom stereocenters. The maximum atomic E-state index is 5.28. The predicted octanol–water partition coefficient (Wildman–Crippen LogP) is 7.61. The molecule has 0 fully saturated rings. The van der Waals surface area contributed by atoms with Gasteiger partial charge in [0.25, 0.3) is 0 Å². The largest absolute Gasteiger partial charge is 0.493 e. The Bertz CT molecular complexity index is 883. The first-order chi connectivity index (χ1) is 15.8. The van der Waals surface area contributed by atoms with E-state index in [2.05, 4.69) is 89.1 Å². The summed E-state index contributed by atoms with van der Waals surface area (Å²) in [5.74, 6) is 1.44. The van der Waals surface area contributed by atoms with E-state index in [9.17, 15) is 0 Å². The number of hydrogen-bond donors (Lipinski definition) is 2. The molecule has 1 aromatic rings. The highest BCUT2D eigenvalue weighted by Crippen LogP contribution is 2.29. The fourth-order valence-corrected chi connectivity index (χ4v) is 2.65. The lowest BCUT2D eigenvalue weighted by atomic mass is 10.1. The molecule has 0 aliphatic heterocycles. The molecule has 33 heavy (non-hydrogen) atoms. The van der Waals surface area contributed by atoms with Gasteiger partial charge in [-0.1, -0.05) is 49.5 Å². The number of benzene rings is 1. The SMILES string of the molecule is C/C=C(C)/C(/C=C(\C)NC)=C/CC.C=C/C(=C\C=C(C)C)CNc1ccc(OC)c(OC)c1. The van der Waals surface area contributed by atoms with E-state index in [1.165, 1.54) is 22.4 Å². The Kier molecular flexibility index (Phi) is 15.8. The van der Waals surface area contributed by atoms with Crippen molar-refractivity contribution in [3.63, 3.8) is 0 Å². The van der Waals surface area contributed by atoms with Crippen LogP contribution in [0.4, 0.5) is 5.69 Å². The van der Waals surface area contributed by atoms with Crippen LogP contribution >= 0.6 is 0 Å². The summed E-state index contributed by atoms with van der Waals surface area (Å²) in [4.78, 5) is 0. The molecule has 0 aliphatic carbocycles. The number of allylic oxidation sites excluding steroid dienone is 9. The summed E-state index contributed by atoms with van der Waals surface area (Å²) in [6, 6.07) is 5.76. The Morgan fingerprint density at radius 3 is 2.18 bits per heavy atom. The van der Waals surface area contributed by atoms with Crippen LogP contribution in [0.15, 0.2) is 89.2 Å². The molecule has 0 aromatic heterocycles. The summed E-state index contributed by atoms with van der Waals surface area (Å²) in [7, 11) is 5.20. The van der Waals surface area contributed by atoms with Gasteiger partial charge in [0.15, 0.2) is 11.5 Å². The maximum Gasteiger partial charge on any atom is 0.162 e. The van der Waals surface area contributed by atoms with Crippen molar-refractivity contribution in [2.75, 3.05) is 33.1 Å². The smallest absolute Gasteiger partial charge is 0.162 e. The van der Waals surface area contributed by atoms with E-state index in [4.69, 9.17) is 9.47 Å². The van der Waals surface area contributed by atoms with Crippen LogP contribution in [0, 0.1) is 0 Å². The van der Waals surface area contributed by atoms with Crippen molar-refractivity contribution >= 4 is 5.69 Å².